The molecule has 0 amide bonds. The Labute approximate surface area is 115 Å². The first kappa shape index (κ1) is 12.7. The molecule has 5 heteroatoms. The van der Waals surface area contributed by atoms with Crippen LogP contribution in [0.4, 0.5) is 10.1 Å². The van der Waals surface area contributed by atoms with Crippen LogP contribution in [0.15, 0.2) is 42.5 Å². The average Bonchev–Trinajstić information content (AvgIpc) is 2.94. The monoisotopic (exact) mass is 275 g/mol. The SMILES string of the molecule is OCC(Nc1ccccc1F)c1ccc2c(c1)OCO2. The van der Waals surface area contributed by atoms with E-state index in [1.807, 2.05) is 6.07 Å². The number of fused-ring (bicyclic) bond motifs is 1. The molecule has 1 aliphatic heterocycles. The second-order valence-electron chi connectivity index (χ2n) is 4.47. The lowest BCUT2D eigenvalue weighted by Gasteiger charge is -2.18. The molecule has 0 aromatic heterocycles. The van der Waals surface area contributed by atoms with Gasteiger partial charge in [0.2, 0.25) is 6.79 Å². The van der Waals surface area contributed by atoms with Crippen molar-refractivity contribution < 1.29 is 19.0 Å². The quantitative estimate of drug-likeness (QED) is 0.900. The molecular weight excluding hydrogens is 261 g/mol. The molecule has 2 aromatic rings. The molecule has 1 atom stereocenters. The van der Waals surface area contributed by atoms with Crippen LogP contribution in [0.3, 0.4) is 0 Å². The fourth-order valence-electron chi connectivity index (χ4n) is 2.13. The summed E-state index contributed by atoms with van der Waals surface area (Å²) in [5, 5.41) is 12.5. The molecule has 0 aliphatic carbocycles. The molecule has 4 nitrogen and oxygen atoms in total. The molecule has 104 valence electrons. The number of rotatable bonds is 4. The predicted molar refractivity (Wildman–Crippen MR) is 72.4 cm³/mol. The van der Waals surface area contributed by atoms with Gasteiger partial charge in [0.15, 0.2) is 11.5 Å². The minimum absolute atomic E-state index is 0.159. The number of aliphatic hydroxyl groups excluding tert-OH is 1. The van der Waals surface area contributed by atoms with E-state index in [-0.39, 0.29) is 19.2 Å². The van der Waals surface area contributed by atoms with Crippen molar-refractivity contribution in [2.24, 2.45) is 0 Å². The number of hydrogen-bond donors (Lipinski definition) is 2. The van der Waals surface area contributed by atoms with Gasteiger partial charge in [-0.3, -0.25) is 0 Å². The number of ether oxygens (including phenoxy) is 2. The van der Waals surface area contributed by atoms with E-state index in [9.17, 15) is 9.50 Å². The summed E-state index contributed by atoms with van der Waals surface area (Å²) in [5.41, 5.74) is 1.16. The second-order valence-corrected chi connectivity index (χ2v) is 4.47. The van der Waals surface area contributed by atoms with E-state index in [0.29, 0.717) is 17.2 Å². The van der Waals surface area contributed by atoms with Crippen LogP contribution in [0.1, 0.15) is 11.6 Å². The number of hydrogen-bond acceptors (Lipinski definition) is 4. The topological polar surface area (TPSA) is 50.7 Å². The normalized spacial score (nSPS) is 14.1. The predicted octanol–water partition coefficient (Wildman–Crippen LogP) is 2.70. The van der Waals surface area contributed by atoms with Gasteiger partial charge >= 0.3 is 0 Å². The molecule has 1 unspecified atom stereocenters. The zero-order chi connectivity index (χ0) is 13.9. The van der Waals surface area contributed by atoms with Crippen LogP contribution >= 0.6 is 0 Å². The van der Waals surface area contributed by atoms with Gasteiger partial charge in [0.1, 0.15) is 5.82 Å². The Morgan fingerprint density at radius 1 is 1.15 bits per heavy atom. The molecule has 0 saturated carbocycles. The van der Waals surface area contributed by atoms with Crippen LogP contribution in [0.2, 0.25) is 0 Å². The van der Waals surface area contributed by atoms with Gasteiger partial charge in [-0.1, -0.05) is 18.2 Å². The van der Waals surface area contributed by atoms with Crippen molar-refractivity contribution in [3.05, 3.63) is 53.8 Å². The van der Waals surface area contributed by atoms with Crippen LogP contribution in [0.25, 0.3) is 0 Å². The molecule has 0 spiro atoms. The highest BCUT2D eigenvalue weighted by atomic mass is 19.1. The summed E-state index contributed by atoms with van der Waals surface area (Å²) in [6, 6.07) is 11.3. The van der Waals surface area contributed by atoms with Crippen molar-refractivity contribution >= 4 is 5.69 Å². The molecule has 1 aliphatic rings. The van der Waals surface area contributed by atoms with Crippen LogP contribution < -0.4 is 14.8 Å². The standard InChI is InChI=1S/C15H14FNO3/c16-11-3-1-2-4-12(11)17-13(8-18)10-5-6-14-15(7-10)20-9-19-14/h1-7,13,17-18H,8-9H2. The van der Waals surface area contributed by atoms with E-state index < -0.39 is 6.04 Å². The largest absolute Gasteiger partial charge is 0.454 e. The summed E-state index contributed by atoms with van der Waals surface area (Å²) in [6.07, 6.45) is 0. The number of halogens is 1. The smallest absolute Gasteiger partial charge is 0.231 e. The number of nitrogens with one attached hydrogen (secondary N) is 1. The first-order valence-corrected chi connectivity index (χ1v) is 6.29. The minimum Gasteiger partial charge on any atom is -0.454 e. The maximum Gasteiger partial charge on any atom is 0.231 e. The van der Waals surface area contributed by atoms with E-state index in [0.717, 1.165) is 5.56 Å². The third-order valence-electron chi connectivity index (χ3n) is 3.19. The third kappa shape index (κ3) is 2.40. The third-order valence-corrected chi connectivity index (χ3v) is 3.19. The first-order chi connectivity index (χ1) is 9.78. The highest BCUT2D eigenvalue weighted by Gasteiger charge is 2.18. The van der Waals surface area contributed by atoms with Crippen molar-refractivity contribution in [1.29, 1.82) is 0 Å². The summed E-state index contributed by atoms with van der Waals surface area (Å²) in [4.78, 5) is 0. The van der Waals surface area contributed by atoms with E-state index in [1.54, 1.807) is 30.3 Å². The van der Waals surface area contributed by atoms with Gasteiger partial charge in [0, 0.05) is 0 Å². The van der Waals surface area contributed by atoms with Crippen molar-refractivity contribution in [3.8, 4) is 11.5 Å². The van der Waals surface area contributed by atoms with Crippen molar-refractivity contribution in [2.75, 3.05) is 18.7 Å². The molecule has 2 N–H and O–H groups in total. The van der Waals surface area contributed by atoms with Gasteiger partial charge in [0.05, 0.1) is 18.3 Å². The number of para-hydroxylation sites is 1. The minimum atomic E-state index is -0.415. The Morgan fingerprint density at radius 2 is 1.95 bits per heavy atom. The van der Waals surface area contributed by atoms with Gasteiger partial charge in [-0.2, -0.15) is 0 Å². The van der Waals surface area contributed by atoms with Gasteiger partial charge in [-0.25, -0.2) is 4.39 Å². The molecule has 1 heterocycles. The molecular formula is C15H14FNO3. The molecule has 0 saturated heterocycles. The number of anilines is 1. The fraction of sp³-hybridized carbons (Fsp3) is 0.200. The lowest BCUT2D eigenvalue weighted by molar-refractivity contribution is 0.174. The first-order valence-electron chi connectivity index (χ1n) is 6.29. The average molecular weight is 275 g/mol. The Morgan fingerprint density at radius 3 is 2.75 bits per heavy atom. The van der Waals surface area contributed by atoms with E-state index in [1.165, 1.54) is 6.07 Å². The fourth-order valence-corrected chi connectivity index (χ4v) is 2.13. The summed E-state index contributed by atoms with van der Waals surface area (Å²) in [5.74, 6) is 0.958. The number of aliphatic hydroxyl groups is 1. The van der Waals surface area contributed by atoms with Crippen LogP contribution in [0.5, 0.6) is 11.5 Å². The van der Waals surface area contributed by atoms with E-state index in [4.69, 9.17) is 9.47 Å². The number of benzene rings is 2. The summed E-state index contributed by atoms with van der Waals surface area (Å²) < 4.78 is 24.2. The Hall–Kier alpha value is -2.27. The molecule has 20 heavy (non-hydrogen) atoms. The van der Waals surface area contributed by atoms with Crippen LogP contribution in [-0.4, -0.2) is 18.5 Å². The Balaban J connectivity index is 1.85. The van der Waals surface area contributed by atoms with Crippen molar-refractivity contribution in [3.63, 3.8) is 0 Å². The molecule has 0 radical (unpaired) electrons. The maximum atomic E-state index is 13.6. The maximum absolute atomic E-state index is 13.6. The van der Waals surface area contributed by atoms with Gasteiger partial charge in [-0.15, -0.1) is 0 Å². The van der Waals surface area contributed by atoms with Gasteiger partial charge in [-0.05, 0) is 29.8 Å². The van der Waals surface area contributed by atoms with E-state index in [2.05, 4.69) is 5.32 Å². The zero-order valence-corrected chi connectivity index (χ0v) is 10.7. The van der Waals surface area contributed by atoms with Crippen molar-refractivity contribution in [2.45, 2.75) is 6.04 Å². The molecule has 0 bridgehead atoms. The molecule has 2 aromatic carbocycles. The van der Waals surface area contributed by atoms with Gasteiger partial charge < -0.3 is 19.9 Å². The molecule has 0 fully saturated rings. The van der Waals surface area contributed by atoms with Crippen LogP contribution in [-0.2, 0) is 0 Å². The van der Waals surface area contributed by atoms with Crippen molar-refractivity contribution in [1.82, 2.24) is 0 Å². The van der Waals surface area contributed by atoms with E-state index >= 15 is 0 Å². The Kier molecular flexibility index (Phi) is 3.43. The lowest BCUT2D eigenvalue weighted by Crippen LogP contribution is -2.15. The summed E-state index contributed by atoms with van der Waals surface area (Å²) in [7, 11) is 0. The summed E-state index contributed by atoms with van der Waals surface area (Å²) >= 11 is 0. The zero-order valence-electron chi connectivity index (χ0n) is 10.7. The van der Waals surface area contributed by atoms with Crippen LogP contribution in [0, 0.1) is 5.82 Å². The second kappa shape index (κ2) is 5.38. The summed E-state index contributed by atoms with van der Waals surface area (Å²) in [6.45, 7) is 0.0390. The highest BCUT2D eigenvalue weighted by Crippen LogP contribution is 2.35. The molecule has 3 rings (SSSR count). The highest BCUT2D eigenvalue weighted by molar-refractivity contribution is 5.50. The van der Waals surface area contributed by atoms with Gasteiger partial charge in [0.25, 0.3) is 0 Å². The Bertz CT molecular complexity index is 618. The lowest BCUT2D eigenvalue weighted by atomic mass is 10.1.